The van der Waals surface area contributed by atoms with Gasteiger partial charge in [0.25, 0.3) is 11.6 Å². The minimum Gasteiger partial charge on any atom is -0.322 e. The summed E-state index contributed by atoms with van der Waals surface area (Å²) < 4.78 is 0. The summed E-state index contributed by atoms with van der Waals surface area (Å²) in [6.45, 7) is 2.03. The zero-order valence-electron chi connectivity index (χ0n) is 14.4. The number of halogens is 1. The molecule has 3 aromatic rings. The van der Waals surface area contributed by atoms with Gasteiger partial charge in [-0.2, -0.15) is 0 Å². The molecule has 3 rings (SSSR count). The van der Waals surface area contributed by atoms with Gasteiger partial charge in [0.2, 0.25) is 5.56 Å². The van der Waals surface area contributed by atoms with E-state index in [0.29, 0.717) is 11.2 Å². The predicted molar refractivity (Wildman–Crippen MR) is 105 cm³/mol. The molecule has 7 nitrogen and oxygen atoms in total. The van der Waals surface area contributed by atoms with Crippen molar-refractivity contribution in [2.45, 2.75) is 19.8 Å². The number of carbonyl (C=O) groups excluding carboxylic acids is 1. The molecule has 1 amide bonds. The Kier molecular flexibility index (Phi) is 5.23. The van der Waals surface area contributed by atoms with E-state index in [1.54, 1.807) is 18.2 Å². The average Bonchev–Trinajstić information content (AvgIpc) is 2.61. The fourth-order valence-electron chi connectivity index (χ4n) is 2.89. The van der Waals surface area contributed by atoms with Crippen LogP contribution in [0.2, 0.25) is 5.02 Å². The van der Waals surface area contributed by atoms with Gasteiger partial charge in [-0.1, -0.05) is 31.0 Å². The molecule has 0 saturated heterocycles. The maximum atomic E-state index is 12.5. The Morgan fingerprint density at radius 2 is 2.00 bits per heavy atom. The van der Waals surface area contributed by atoms with Crippen molar-refractivity contribution >= 4 is 39.8 Å². The number of anilines is 1. The van der Waals surface area contributed by atoms with Crippen molar-refractivity contribution in [3.63, 3.8) is 0 Å². The third-order valence-electron chi connectivity index (χ3n) is 4.11. The van der Waals surface area contributed by atoms with Gasteiger partial charge in [0.05, 0.1) is 21.0 Å². The number of hydrogen-bond donors (Lipinski definition) is 2. The first-order valence-electron chi connectivity index (χ1n) is 8.30. The molecule has 0 saturated carbocycles. The van der Waals surface area contributed by atoms with Crippen LogP contribution in [0.15, 0.2) is 47.3 Å². The highest BCUT2D eigenvalue weighted by Crippen LogP contribution is 2.25. The molecule has 138 valence electrons. The van der Waals surface area contributed by atoms with Crippen molar-refractivity contribution in [3.05, 3.63) is 79.1 Å². The monoisotopic (exact) mass is 385 g/mol. The van der Waals surface area contributed by atoms with E-state index in [-0.39, 0.29) is 21.8 Å². The van der Waals surface area contributed by atoms with Crippen molar-refractivity contribution in [1.29, 1.82) is 0 Å². The largest absolute Gasteiger partial charge is 0.322 e. The van der Waals surface area contributed by atoms with Crippen molar-refractivity contribution in [3.8, 4) is 0 Å². The third kappa shape index (κ3) is 3.98. The summed E-state index contributed by atoms with van der Waals surface area (Å²) in [6, 6.07) is 10.4. The number of non-ortho nitro benzene ring substituents is 1. The molecule has 8 heteroatoms. The molecule has 0 aliphatic carbocycles. The van der Waals surface area contributed by atoms with E-state index in [9.17, 15) is 19.7 Å². The van der Waals surface area contributed by atoms with E-state index in [0.717, 1.165) is 29.9 Å². The molecule has 0 fully saturated rings. The second kappa shape index (κ2) is 7.59. The number of benzene rings is 2. The van der Waals surface area contributed by atoms with Gasteiger partial charge < -0.3 is 10.3 Å². The number of amides is 1. The van der Waals surface area contributed by atoms with Crippen molar-refractivity contribution in [2.24, 2.45) is 0 Å². The standard InChI is InChI=1S/C19H16ClN3O4/c1-2-3-11-8-18(24)22-17-9-12(4-6-14(11)17)21-19(25)15-10-13(23(26)27)5-7-16(15)20/h4-10H,2-3H2,1H3,(H,21,25)(H,22,24). The molecule has 0 radical (unpaired) electrons. The van der Waals surface area contributed by atoms with E-state index in [1.807, 2.05) is 13.0 Å². The van der Waals surface area contributed by atoms with Crippen LogP contribution in [0.5, 0.6) is 0 Å². The molecule has 1 aromatic heterocycles. The molecule has 0 aliphatic rings. The SMILES string of the molecule is CCCc1cc(=O)[nH]c2cc(NC(=O)c3cc([N+](=O)[O-])ccc3Cl)ccc12. The highest BCUT2D eigenvalue weighted by Gasteiger charge is 2.16. The maximum absolute atomic E-state index is 12.5. The molecule has 0 unspecified atom stereocenters. The number of pyridine rings is 1. The van der Waals surface area contributed by atoms with Crippen LogP contribution in [0.4, 0.5) is 11.4 Å². The quantitative estimate of drug-likeness (QED) is 0.504. The second-order valence-electron chi connectivity index (χ2n) is 6.04. The zero-order chi connectivity index (χ0) is 19.6. The topological polar surface area (TPSA) is 105 Å². The average molecular weight is 386 g/mol. The number of nitrogens with one attached hydrogen (secondary N) is 2. The fourth-order valence-corrected chi connectivity index (χ4v) is 3.09. The van der Waals surface area contributed by atoms with Crippen LogP contribution in [0.25, 0.3) is 10.9 Å². The highest BCUT2D eigenvalue weighted by atomic mass is 35.5. The Morgan fingerprint density at radius 1 is 1.22 bits per heavy atom. The van der Waals surface area contributed by atoms with E-state index >= 15 is 0 Å². The highest BCUT2D eigenvalue weighted by molar-refractivity contribution is 6.34. The molecule has 1 heterocycles. The Labute approximate surface area is 159 Å². The molecular formula is C19H16ClN3O4. The summed E-state index contributed by atoms with van der Waals surface area (Å²) in [5.41, 5.74) is 1.55. The van der Waals surface area contributed by atoms with Gasteiger partial charge >= 0.3 is 0 Å². The first kappa shape index (κ1) is 18.6. The van der Waals surface area contributed by atoms with Gasteiger partial charge in [-0.3, -0.25) is 19.7 Å². The maximum Gasteiger partial charge on any atom is 0.270 e. The van der Waals surface area contributed by atoms with Crippen LogP contribution in [0.3, 0.4) is 0 Å². The number of rotatable bonds is 5. The number of nitrogens with zero attached hydrogens (tertiary/aromatic N) is 1. The van der Waals surface area contributed by atoms with E-state index in [2.05, 4.69) is 10.3 Å². The number of nitro benzene ring substituents is 1. The van der Waals surface area contributed by atoms with E-state index in [1.165, 1.54) is 12.1 Å². The molecule has 27 heavy (non-hydrogen) atoms. The number of nitro groups is 1. The summed E-state index contributed by atoms with van der Waals surface area (Å²) in [4.78, 5) is 37.4. The first-order chi connectivity index (χ1) is 12.9. The van der Waals surface area contributed by atoms with Crippen LogP contribution in [0.1, 0.15) is 29.3 Å². The number of aromatic amines is 1. The molecule has 2 N–H and O–H groups in total. The van der Waals surface area contributed by atoms with Crippen LogP contribution in [-0.4, -0.2) is 15.8 Å². The lowest BCUT2D eigenvalue weighted by atomic mass is 10.0. The summed E-state index contributed by atoms with van der Waals surface area (Å²) in [5.74, 6) is -0.574. The van der Waals surface area contributed by atoms with Crippen LogP contribution < -0.4 is 10.9 Å². The third-order valence-corrected chi connectivity index (χ3v) is 4.44. The molecule has 0 bridgehead atoms. The molecule has 0 aliphatic heterocycles. The van der Waals surface area contributed by atoms with Gasteiger partial charge in [0.1, 0.15) is 0 Å². The van der Waals surface area contributed by atoms with Crippen LogP contribution in [0, 0.1) is 10.1 Å². The fraction of sp³-hybridized carbons (Fsp3) is 0.158. The molecule has 2 aromatic carbocycles. The summed E-state index contributed by atoms with van der Waals surface area (Å²) in [7, 11) is 0. The molecule has 0 atom stereocenters. The lowest BCUT2D eigenvalue weighted by molar-refractivity contribution is -0.384. The predicted octanol–water partition coefficient (Wildman–Crippen LogP) is 4.29. The number of carbonyl (C=O) groups is 1. The number of fused-ring (bicyclic) bond motifs is 1. The number of hydrogen-bond acceptors (Lipinski definition) is 4. The van der Waals surface area contributed by atoms with Crippen molar-refractivity contribution < 1.29 is 9.72 Å². The van der Waals surface area contributed by atoms with Gasteiger partial charge in [-0.15, -0.1) is 0 Å². The smallest absolute Gasteiger partial charge is 0.270 e. The first-order valence-corrected chi connectivity index (χ1v) is 8.68. The van der Waals surface area contributed by atoms with Gasteiger partial charge in [0.15, 0.2) is 0 Å². The summed E-state index contributed by atoms with van der Waals surface area (Å²) in [5, 5.41) is 14.6. The normalized spacial score (nSPS) is 10.7. The lowest BCUT2D eigenvalue weighted by Gasteiger charge is -2.10. The van der Waals surface area contributed by atoms with Crippen molar-refractivity contribution in [1.82, 2.24) is 4.98 Å². The second-order valence-corrected chi connectivity index (χ2v) is 6.45. The van der Waals surface area contributed by atoms with E-state index in [4.69, 9.17) is 11.6 Å². The lowest BCUT2D eigenvalue weighted by Crippen LogP contribution is -2.13. The van der Waals surface area contributed by atoms with E-state index < -0.39 is 10.8 Å². The molecule has 0 spiro atoms. The van der Waals surface area contributed by atoms with Gasteiger partial charge in [0, 0.05) is 29.3 Å². The van der Waals surface area contributed by atoms with Crippen LogP contribution in [-0.2, 0) is 6.42 Å². The number of H-pyrrole nitrogens is 1. The Balaban J connectivity index is 1.95. The Hall–Kier alpha value is -3.19. The Bertz CT molecular complexity index is 1110. The molecular weight excluding hydrogens is 370 g/mol. The minimum atomic E-state index is -0.594. The Morgan fingerprint density at radius 3 is 2.70 bits per heavy atom. The zero-order valence-corrected chi connectivity index (χ0v) is 15.2. The summed E-state index contributed by atoms with van der Waals surface area (Å²) in [6.07, 6.45) is 1.68. The van der Waals surface area contributed by atoms with Crippen LogP contribution >= 0.6 is 11.6 Å². The number of aryl methyl sites for hydroxylation is 1. The number of aromatic nitrogens is 1. The minimum absolute atomic E-state index is 0.000749. The van der Waals surface area contributed by atoms with Gasteiger partial charge in [-0.05, 0) is 30.2 Å². The van der Waals surface area contributed by atoms with Gasteiger partial charge in [-0.25, -0.2) is 0 Å². The van der Waals surface area contributed by atoms with Crippen molar-refractivity contribution in [2.75, 3.05) is 5.32 Å². The summed E-state index contributed by atoms with van der Waals surface area (Å²) >= 11 is 6.00.